The average molecular weight is 517 g/mol. The highest BCUT2D eigenvalue weighted by atomic mass is 79.9. The third-order valence-electron chi connectivity index (χ3n) is 4.96. The lowest BCUT2D eigenvalue weighted by molar-refractivity contribution is -0.386. The van der Waals surface area contributed by atoms with Gasteiger partial charge in [0.15, 0.2) is 5.75 Å². The quantitative estimate of drug-likeness (QED) is 0.222. The van der Waals surface area contributed by atoms with E-state index in [1.807, 2.05) is 26.8 Å². The molecule has 3 rings (SSSR count). The summed E-state index contributed by atoms with van der Waals surface area (Å²) in [7, 11) is 0. The van der Waals surface area contributed by atoms with Gasteiger partial charge in [-0.3, -0.25) is 14.9 Å². The van der Waals surface area contributed by atoms with Crippen LogP contribution in [0.4, 0.5) is 5.69 Å². The van der Waals surface area contributed by atoms with E-state index in [1.165, 1.54) is 17.0 Å². The van der Waals surface area contributed by atoms with E-state index in [9.17, 15) is 14.9 Å². The fourth-order valence-corrected chi connectivity index (χ4v) is 3.51. The SMILES string of the molecule is CCOc1cc(C=Nn2c(CC)nc3ccc(Br)cc3c2=O)cc([N+](=O)[O-])c1O[C@@H](C)CC. The molecule has 1 atom stereocenters. The molecule has 10 heteroatoms. The molecule has 1 aromatic heterocycles. The van der Waals surface area contributed by atoms with Crippen LogP contribution in [0.3, 0.4) is 0 Å². The Morgan fingerprint density at radius 2 is 2.03 bits per heavy atom. The van der Waals surface area contributed by atoms with Crippen LogP contribution in [0.25, 0.3) is 10.9 Å². The van der Waals surface area contributed by atoms with Gasteiger partial charge >= 0.3 is 5.69 Å². The van der Waals surface area contributed by atoms with Crippen molar-refractivity contribution in [2.24, 2.45) is 5.10 Å². The maximum atomic E-state index is 13.1. The van der Waals surface area contributed by atoms with Crippen LogP contribution in [0.1, 0.15) is 45.5 Å². The summed E-state index contributed by atoms with van der Waals surface area (Å²) < 4.78 is 13.4. The zero-order chi connectivity index (χ0) is 24.1. The minimum absolute atomic E-state index is 0.0805. The molecule has 0 spiro atoms. The zero-order valence-electron chi connectivity index (χ0n) is 18.9. The number of fused-ring (bicyclic) bond motifs is 1. The lowest BCUT2D eigenvalue weighted by Crippen LogP contribution is -2.22. The van der Waals surface area contributed by atoms with E-state index in [-0.39, 0.29) is 28.8 Å². The van der Waals surface area contributed by atoms with Crippen LogP contribution in [0.5, 0.6) is 11.5 Å². The Morgan fingerprint density at radius 3 is 2.67 bits per heavy atom. The number of benzene rings is 2. The first-order valence-electron chi connectivity index (χ1n) is 10.7. The molecule has 0 radical (unpaired) electrons. The second kappa shape index (κ2) is 10.6. The third kappa shape index (κ3) is 5.39. The standard InChI is InChI=1S/C23H25BrN4O5/c1-5-14(4)33-22-19(28(30)31)10-15(11-20(22)32-7-3)13-25-27-21(6-2)26-18-9-8-16(24)12-17(18)23(27)29/h8-14H,5-7H2,1-4H3/t14-/m0/s1. The van der Waals surface area contributed by atoms with Gasteiger partial charge in [-0.25, -0.2) is 4.98 Å². The number of hydrogen-bond donors (Lipinski definition) is 0. The van der Waals surface area contributed by atoms with E-state index in [1.54, 1.807) is 25.1 Å². The molecule has 0 saturated carbocycles. The molecule has 0 saturated heterocycles. The second-order valence-corrected chi connectivity index (χ2v) is 8.21. The summed E-state index contributed by atoms with van der Waals surface area (Å²) in [5.41, 5.74) is 0.411. The number of aryl methyl sites for hydroxylation is 1. The Bertz CT molecular complexity index is 1270. The normalized spacial score (nSPS) is 12.3. The summed E-state index contributed by atoms with van der Waals surface area (Å²) in [6.07, 6.45) is 2.31. The highest BCUT2D eigenvalue weighted by molar-refractivity contribution is 9.10. The fraction of sp³-hybridized carbons (Fsp3) is 0.348. The van der Waals surface area contributed by atoms with Crippen molar-refractivity contribution in [1.82, 2.24) is 9.66 Å². The molecule has 2 aromatic carbocycles. The number of halogens is 1. The highest BCUT2D eigenvalue weighted by Crippen LogP contribution is 2.39. The average Bonchev–Trinajstić information content (AvgIpc) is 2.79. The van der Waals surface area contributed by atoms with E-state index in [0.29, 0.717) is 41.7 Å². The van der Waals surface area contributed by atoms with Crippen LogP contribution < -0.4 is 15.0 Å². The van der Waals surface area contributed by atoms with Crippen molar-refractivity contribution in [3.63, 3.8) is 0 Å². The Balaban J connectivity index is 2.13. The lowest BCUT2D eigenvalue weighted by Gasteiger charge is -2.16. The van der Waals surface area contributed by atoms with Crippen LogP contribution in [0, 0.1) is 10.1 Å². The second-order valence-electron chi connectivity index (χ2n) is 7.30. The van der Waals surface area contributed by atoms with Crippen molar-refractivity contribution in [3.05, 3.63) is 66.7 Å². The molecule has 1 heterocycles. The minimum atomic E-state index is -0.518. The van der Waals surface area contributed by atoms with Crippen molar-refractivity contribution in [2.45, 2.75) is 46.6 Å². The van der Waals surface area contributed by atoms with Gasteiger partial charge in [0.2, 0.25) is 5.75 Å². The van der Waals surface area contributed by atoms with Crippen LogP contribution >= 0.6 is 15.9 Å². The van der Waals surface area contributed by atoms with Gasteiger partial charge in [0.1, 0.15) is 5.82 Å². The number of nitro benzene ring substituents is 1. The Labute approximate surface area is 199 Å². The van der Waals surface area contributed by atoms with Crippen molar-refractivity contribution in [1.29, 1.82) is 0 Å². The number of nitro groups is 1. The van der Waals surface area contributed by atoms with Gasteiger partial charge in [-0.05, 0) is 44.5 Å². The molecular weight excluding hydrogens is 492 g/mol. The largest absolute Gasteiger partial charge is 0.490 e. The van der Waals surface area contributed by atoms with Crippen LogP contribution in [-0.4, -0.2) is 33.5 Å². The predicted octanol–water partition coefficient (Wildman–Crippen LogP) is 5.09. The first-order chi connectivity index (χ1) is 15.8. The molecule has 0 aliphatic carbocycles. The van der Waals surface area contributed by atoms with E-state index in [2.05, 4.69) is 26.0 Å². The van der Waals surface area contributed by atoms with E-state index in [4.69, 9.17) is 9.47 Å². The van der Waals surface area contributed by atoms with Gasteiger partial charge in [-0.2, -0.15) is 9.78 Å². The molecule has 3 aromatic rings. The monoisotopic (exact) mass is 516 g/mol. The first kappa shape index (κ1) is 24.4. The van der Waals surface area contributed by atoms with Crippen LogP contribution in [0.2, 0.25) is 0 Å². The zero-order valence-corrected chi connectivity index (χ0v) is 20.5. The molecular formula is C23H25BrN4O5. The molecule has 0 amide bonds. The van der Waals surface area contributed by atoms with Crippen molar-refractivity contribution in [2.75, 3.05) is 6.61 Å². The number of nitrogens with zero attached hydrogens (tertiary/aromatic N) is 4. The Kier molecular flexibility index (Phi) is 7.80. The Hall–Kier alpha value is -3.27. The summed E-state index contributed by atoms with van der Waals surface area (Å²) in [5, 5.41) is 16.5. The first-order valence-corrected chi connectivity index (χ1v) is 11.5. The predicted molar refractivity (Wildman–Crippen MR) is 131 cm³/mol. The number of ether oxygens (including phenoxy) is 2. The molecule has 9 nitrogen and oxygen atoms in total. The van der Waals surface area contributed by atoms with Crippen LogP contribution in [0.15, 0.2) is 44.7 Å². The van der Waals surface area contributed by atoms with E-state index >= 15 is 0 Å². The van der Waals surface area contributed by atoms with Crippen LogP contribution in [-0.2, 0) is 6.42 Å². The maximum absolute atomic E-state index is 13.1. The topological polar surface area (TPSA) is 109 Å². The Morgan fingerprint density at radius 1 is 1.27 bits per heavy atom. The highest BCUT2D eigenvalue weighted by Gasteiger charge is 2.24. The van der Waals surface area contributed by atoms with Gasteiger partial charge in [0, 0.05) is 22.5 Å². The molecule has 33 heavy (non-hydrogen) atoms. The number of rotatable bonds is 9. The van der Waals surface area contributed by atoms with E-state index < -0.39 is 4.92 Å². The summed E-state index contributed by atoms with van der Waals surface area (Å²) in [6.45, 7) is 7.72. The molecule has 0 aliphatic heterocycles. The smallest absolute Gasteiger partial charge is 0.315 e. The maximum Gasteiger partial charge on any atom is 0.315 e. The fourth-order valence-electron chi connectivity index (χ4n) is 3.15. The summed E-state index contributed by atoms with van der Waals surface area (Å²) in [5.74, 6) is 0.802. The number of aromatic nitrogens is 2. The van der Waals surface area contributed by atoms with E-state index in [0.717, 1.165) is 4.47 Å². The van der Waals surface area contributed by atoms with Gasteiger partial charge in [-0.1, -0.05) is 29.8 Å². The van der Waals surface area contributed by atoms with Gasteiger partial charge < -0.3 is 9.47 Å². The van der Waals surface area contributed by atoms with Crippen molar-refractivity contribution >= 4 is 38.7 Å². The van der Waals surface area contributed by atoms with Crippen molar-refractivity contribution < 1.29 is 14.4 Å². The summed E-state index contributed by atoms with van der Waals surface area (Å²) >= 11 is 3.37. The molecule has 174 valence electrons. The summed E-state index contributed by atoms with van der Waals surface area (Å²) in [4.78, 5) is 28.8. The van der Waals surface area contributed by atoms with Gasteiger partial charge in [-0.15, -0.1) is 0 Å². The minimum Gasteiger partial charge on any atom is -0.490 e. The summed E-state index contributed by atoms with van der Waals surface area (Å²) in [6, 6.07) is 8.24. The molecule has 0 bridgehead atoms. The van der Waals surface area contributed by atoms with Gasteiger partial charge in [0.05, 0.1) is 34.8 Å². The molecule has 0 aliphatic rings. The van der Waals surface area contributed by atoms with Gasteiger partial charge in [0.25, 0.3) is 5.56 Å². The lowest BCUT2D eigenvalue weighted by atomic mass is 10.1. The molecule has 0 fully saturated rings. The molecule has 0 unspecified atom stereocenters. The number of hydrogen-bond acceptors (Lipinski definition) is 7. The molecule has 0 N–H and O–H groups in total. The van der Waals surface area contributed by atoms with Crippen molar-refractivity contribution in [3.8, 4) is 11.5 Å². The third-order valence-corrected chi connectivity index (χ3v) is 5.46.